The van der Waals surface area contributed by atoms with Crippen LogP contribution in [0.5, 0.6) is 0 Å². The summed E-state index contributed by atoms with van der Waals surface area (Å²) in [4.78, 5) is 14.8. The van der Waals surface area contributed by atoms with Crippen LogP contribution in [0.15, 0.2) is 0 Å². The van der Waals surface area contributed by atoms with Gasteiger partial charge in [0.2, 0.25) is 5.91 Å². The van der Waals surface area contributed by atoms with Crippen LogP contribution in [-0.4, -0.2) is 60.4 Å². The molecule has 0 saturated carbocycles. The second kappa shape index (κ2) is 7.07. The fourth-order valence-electron chi connectivity index (χ4n) is 3.73. The lowest BCUT2D eigenvalue weighted by Crippen LogP contribution is -2.52. The molecule has 2 N–H and O–H groups in total. The zero-order valence-electron chi connectivity index (χ0n) is 13.6. The highest BCUT2D eigenvalue weighted by Gasteiger charge is 2.36. The molecule has 3 atom stereocenters. The van der Waals surface area contributed by atoms with Gasteiger partial charge in [-0.25, -0.2) is 0 Å². The number of carbonyl (C=O) groups excluding carboxylic acids is 1. The van der Waals surface area contributed by atoms with Gasteiger partial charge in [0.25, 0.3) is 0 Å². The second-order valence-electron chi connectivity index (χ2n) is 6.89. The number of rotatable bonds is 5. The molecule has 2 heterocycles. The van der Waals surface area contributed by atoms with Crippen LogP contribution in [0.4, 0.5) is 0 Å². The van der Waals surface area contributed by atoms with Crippen molar-refractivity contribution in [2.45, 2.75) is 64.6 Å². The van der Waals surface area contributed by atoms with Gasteiger partial charge in [0.05, 0.1) is 12.6 Å². The first-order valence-corrected chi connectivity index (χ1v) is 8.23. The van der Waals surface area contributed by atoms with E-state index in [1.165, 1.54) is 0 Å². The molecule has 122 valence electrons. The lowest BCUT2D eigenvalue weighted by molar-refractivity contribution is -0.128. The highest BCUT2D eigenvalue weighted by molar-refractivity contribution is 5.81. The molecule has 0 spiro atoms. The molecule has 1 amide bonds. The third-order valence-electron chi connectivity index (χ3n) is 5.37. The van der Waals surface area contributed by atoms with Crippen molar-refractivity contribution in [3.8, 4) is 0 Å². The Morgan fingerprint density at radius 1 is 1.33 bits per heavy atom. The fraction of sp³-hybridized carbons (Fsp3) is 0.938. The zero-order chi connectivity index (χ0) is 15.5. The summed E-state index contributed by atoms with van der Waals surface area (Å²) < 4.78 is 5.36. The third kappa shape index (κ3) is 3.76. The van der Waals surface area contributed by atoms with Crippen LogP contribution in [0.25, 0.3) is 0 Å². The van der Waals surface area contributed by atoms with Crippen LogP contribution >= 0.6 is 0 Å². The minimum Gasteiger partial charge on any atom is -0.396 e. The molecule has 0 radical (unpaired) electrons. The minimum atomic E-state index is -0.199. The Kier molecular flexibility index (Phi) is 5.63. The molecule has 0 aromatic rings. The normalized spacial score (nSPS) is 31.0. The number of nitrogens with one attached hydrogen (secondary N) is 1. The van der Waals surface area contributed by atoms with Crippen molar-refractivity contribution in [1.82, 2.24) is 10.2 Å². The molecule has 0 aliphatic carbocycles. The van der Waals surface area contributed by atoms with Gasteiger partial charge in [0.15, 0.2) is 0 Å². The molecule has 0 aromatic carbocycles. The molecular weight excluding hydrogens is 268 g/mol. The SMILES string of the molecule is C[C@@H]1CC[C@@H](C)N1[C@H](C)C(=O)NCC1(CO)CCOCC1. The summed E-state index contributed by atoms with van der Waals surface area (Å²) in [6.45, 7) is 8.39. The topological polar surface area (TPSA) is 61.8 Å². The molecule has 2 saturated heterocycles. The Bertz CT molecular complexity index is 345. The quantitative estimate of drug-likeness (QED) is 0.799. The smallest absolute Gasteiger partial charge is 0.237 e. The van der Waals surface area contributed by atoms with Crippen LogP contribution in [0.3, 0.4) is 0 Å². The van der Waals surface area contributed by atoms with Crippen molar-refractivity contribution < 1.29 is 14.6 Å². The van der Waals surface area contributed by atoms with Crippen LogP contribution in [0.1, 0.15) is 46.5 Å². The molecule has 0 aromatic heterocycles. The molecule has 2 aliphatic rings. The van der Waals surface area contributed by atoms with Crippen molar-refractivity contribution in [2.75, 3.05) is 26.4 Å². The number of aliphatic hydroxyl groups is 1. The molecule has 5 heteroatoms. The monoisotopic (exact) mass is 298 g/mol. The van der Waals surface area contributed by atoms with E-state index in [1.807, 2.05) is 6.92 Å². The number of aliphatic hydroxyl groups excluding tert-OH is 1. The van der Waals surface area contributed by atoms with Gasteiger partial charge in [-0.1, -0.05) is 0 Å². The van der Waals surface area contributed by atoms with Crippen molar-refractivity contribution in [2.24, 2.45) is 5.41 Å². The highest BCUT2D eigenvalue weighted by atomic mass is 16.5. The van der Waals surface area contributed by atoms with Crippen LogP contribution in [0.2, 0.25) is 0 Å². The maximum absolute atomic E-state index is 12.5. The summed E-state index contributed by atoms with van der Waals surface area (Å²) in [6, 6.07) is 0.833. The number of hydrogen-bond acceptors (Lipinski definition) is 4. The average Bonchev–Trinajstić information content (AvgIpc) is 2.84. The van der Waals surface area contributed by atoms with Crippen molar-refractivity contribution in [1.29, 1.82) is 0 Å². The van der Waals surface area contributed by atoms with E-state index >= 15 is 0 Å². The van der Waals surface area contributed by atoms with E-state index in [0.29, 0.717) is 31.8 Å². The summed E-state index contributed by atoms with van der Waals surface area (Å²) in [5.41, 5.74) is -0.199. The average molecular weight is 298 g/mol. The van der Waals surface area contributed by atoms with Crippen LogP contribution in [0, 0.1) is 5.41 Å². The summed E-state index contributed by atoms with van der Waals surface area (Å²) in [6.07, 6.45) is 3.96. The van der Waals surface area contributed by atoms with Gasteiger partial charge in [-0.3, -0.25) is 9.69 Å². The van der Waals surface area contributed by atoms with E-state index in [-0.39, 0.29) is 24.0 Å². The molecule has 0 bridgehead atoms. The predicted molar refractivity (Wildman–Crippen MR) is 82.0 cm³/mol. The first-order valence-electron chi connectivity index (χ1n) is 8.23. The van der Waals surface area contributed by atoms with E-state index in [1.54, 1.807) is 0 Å². The standard InChI is InChI=1S/C16H30N2O3/c1-12-4-5-13(2)18(12)14(3)15(20)17-10-16(11-19)6-8-21-9-7-16/h12-14,19H,4-11H2,1-3H3,(H,17,20)/t12-,13-,14-/m1/s1. The number of ether oxygens (including phenoxy) is 1. The summed E-state index contributed by atoms with van der Waals surface area (Å²) in [7, 11) is 0. The van der Waals surface area contributed by atoms with Gasteiger partial charge in [0, 0.05) is 37.3 Å². The number of carbonyl (C=O) groups is 1. The van der Waals surface area contributed by atoms with E-state index in [0.717, 1.165) is 25.7 Å². The van der Waals surface area contributed by atoms with Crippen molar-refractivity contribution in [3.05, 3.63) is 0 Å². The van der Waals surface area contributed by atoms with E-state index in [9.17, 15) is 9.90 Å². The Balaban J connectivity index is 1.88. The lowest BCUT2D eigenvalue weighted by Gasteiger charge is -2.37. The maximum atomic E-state index is 12.5. The van der Waals surface area contributed by atoms with Gasteiger partial charge in [-0.2, -0.15) is 0 Å². The van der Waals surface area contributed by atoms with E-state index < -0.39 is 0 Å². The van der Waals surface area contributed by atoms with Gasteiger partial charge >= 0.3 is 0 Å². The summed E-state index contributed by atoms with van der Waals surface area (Å²) in [5.74, 6) is 0.0786. The second-order valence-corrected chi connectivity index (χ2v) is 6.89. The minimum absolute atomic E-state index is 0.0786. The third-order valence-corrected chi connectivity index (χ3v) is 5.37. The Morgan fingerprint density at radius 3 is 2.43 bits per heavy atom. The van der Waals surface area contributed by atoms with Crippen molar-refractivity contribution >= 4 is 5.91 Å². The molecular formula is C16H30N2O3. The molecule has 5 nitrogen and oxygen atoms in total. The highest BCUT2D eigenvalue weighted by Crippen LogP contribution is 2.29. The largest absolute Gasteiger partial charge is 0.396 e. The first kappa shape index (κ1) is 16.7. The van der Waals surface area contributed by atoms with E-state index in [2.05, 4.69) is 24.1 Å². The van der Waals surface area contributed by atoms with Gasteiger partial charge in [-0.15, -0.1) is 0 Å². The molecule has 2 fully saturated rings. The molecule has 0 unspecified atom stereocenters. The van der Waals surface area contributed by atoms with Gasteiger partial charge < -0.3 is 15.2 Å². The zero-order valence-corrected chi connectivity index (χ0v) is 13.6. The number of hydrogen-bond donors (Lipinski definition) is 2. The summed E-state index contributed by atoms with van der Waals surface area (Å²) >= 11 is 0. The Labute approximate surface area is 128 Å². The number of likely N-dealkylation sites (tertiary alicyclic amines) is 1. The maximum Gasteiger partial charge on any atom is 0.237 e. The summed E-state index contributed by atoms with van der Waals surface area (Å²) in [5, 5.41) is 12.7. The van der Waals surface area contributed by atoms with Crippen LogP contribution in [-0.2, 0) is 9.53 Å². The molecule has 21 heavy (non-hydrogen) atoms. The number of nitrogens with zero attached hydrogens (tertiary/aromatic N) is 1. The van der Waals surface area contributed by atoms with Crippen LogP contribution < -0.4 is 5.32 Å². The number of amides is 1. The van der Waals surface area contributed by atoms with Crippen molar-refractivity contribution in [3.63, 3.8) is 0 Å². The lowest BCUT2D eigenvalue weighted by atomic mass is 9.81. The fourth-order valence-corrected chi connectivity index (χ4v) is 3.73. The predicted octanol–water partition coefficient (Wildman–Crippen LogP) is 1.15. The Hall–Kier alpha value is -0.650. The van der Waals surface area contributed by atoms with E-state index in [4.69, 9.17) is 4.74 Å². The molecule has 2 aliphatic heterocycles. The first-order chi connectivity index (χ1) is 9.99. The Morgan fingerprint density at radius 2 is 1.90 bits per heavy atom. The van der Waals surface area contributed by atoms with Gasteiger partial charge in [0.1, 0.15) is 0 Å². The van der Waals surface area contributed by atoms with Gasteiger partial charge in [-0.05, 0) is 46.5 Å². The molecule has 2 rings (SSSR count).